The first-order chi connectivity index (χ1) is 9.36. The summed E-state index contributed by atoms with van der Waals surface area (Å²) in [6.07, 6.45) is 1.69. The van der Waals surface area contributed by atoms with E-state index in [4.69, 9.17) is 0 Å². The molecule has 1 aliphatic rings. The Hall–Kier alpha value is -1.52. The Kier molecular flexibility index (Phi) is 5.60. The van der Waals surface area contributed by atoms with Gasteiger partial charge in [-0.05, 0) is 33.1 Å². The molecular weight excluding hydrogens is 256 g/mol. The fourth-order valence-electron chi connectivity index (χ4n) is 2.69. The number of amides is 2. The average molecular weight is 282 g/mol. The summed E-state index contributed by atoms with van der Waals surface area (Å²) in [5.74, 6) is -0.735. The van der Waals surface area contributed by atoms with Gasteiger partial charge in [-0.25, -0.2) is 4.79 Å². The lowest BCUT2D eigenvalue weighted by Crippen LogP contribution is -2.50. The van der Waals surface area contributed by atoms with Gasteiger partial charge in [-0.15, -0.1) is 0 Å². The van der Waals surface area contributed by atoms with Crippen LogP contribution in [0.15, 0.2) is 12.2 Å². The van der Waals surface area contributed by atoms with E-state index in [1.807, 2.05) is 20.8 Å². The smallest absolute Gasteiger partial charge is 0.320 e. The molecule has 0 spiro atoms. The van der Waals surface area contributed by atoms with E-state index in [9.17, 15) is 14.7 Å². The Morgan fingerprint density at radius 3 is 2.20 bits per heavy atom. The van der Waals surface area contributed by atoms with Gasteiger partial charge < -0.3 is 14.9 Å². The number of hydrogen-bond donors (Lipinski definition) is 1. The molecule has 2 amide bonds. The van der Waals surface area contributed by atoms with Crippen LogP contribution >= 0.6 is 0 Å². The van der Waals surface area contributed by atoms with Crippen molar-refractivity contribution in [1.29, 1.82) is 0 Å². The SMILES string of the molecule is C=C(C)CN(CC)C(=O)N1CCC(CC)(C(=O)O)CC1. The van der Waals surface area contributed by atoms with Gasteiger partial charge in [-0.1, -0.05) is 19.1 Å². The van der Waals surface area contributed by atoms with Crippen LogP contribution < -0.4 is 0 Å². The molecule has 0 aliphatic carbocycles. The number of piperidine rings is 1. The van der Waals surface area contributed by atoms with E-state index in [1.54, 1.807) is 9.80 Å². The fourth-order valence-corrected chi connectivity index (χ4v) is 2.69. The molecule has 5 heteroatoms. The number of rotatable bonds is 5. The molecule has 0 unspecified atom stereocenters. The van der Waals surface area contributed by atoms with Crippen molar-refractivity contribution in [2.75, 3.05) is 26.2 Å². The van der Waals surface area contributed by atoms with Gasteiger partial charge in [-0.3, -0.25) is 4.79 Å². The van der Waals surface area contributed by atoms with Crippen molar-refractivity contribution in [1.82, 2.24) is 9.80 Å². The number of nitrogens with zero attached hydrogens (tertiary/aromatic N) is 2. The van der Waals surface area contributed by atoms with Crippen molar-refractivity contribution >= 4 is 12.0 Å². The first-order valence-electron chi connectivity index (χ1n) is 7.28. The third-order valence-corrected chi connectivity index (χ3v) is 4.23. The average Bonchev–Trinajstić information content (AvgIpc) is 2.43. The van der Waals surface area contributed by atoms with Crippen LogP contribution in [0.3, 0.4) is 0 Å². The summed E-state index contributed by atoms with van der Waals surface area (Å²) in [6.45, 7) is 11.8. The Balaban J connectivity index is 2.66. The zero-order valence-electron chi connectivity index (χ0n) is 12.8. The zero-order chi connectivity index (χ0) is 15.3. The predicted molar refractivity (Wildman–Crippen MR) is 78.6 cm³/mol. The molecule has 0 aromatic carbocycles. The summed E-state index contributed by atoms with van der Waals surface area (Å²) < 4.78 is 0. The summed E-state index contributed by atoms with van der Waals surface area (Å²) in [5.41, 5.74) is 0.299. The molecule has 0 aromatic rings. The molecule has 1 saturated heterocycles. The van der Waals surface area contributed by atoms with Gasteiger partial charge in [0.25, 0.3) is 0 Å². The van der Waals surface area contributed by atoms with Crippen LogP contribution in [0.25, 0.3) is 0 Å². The van der Waals surface area contributed by atoms with Crippen LogP contribution in [0.4, 0.5) is 4.79 Å². The minimum atomic E-state index is -0.735. The quantitative estimate of drug-likeness (QED) is 0.788. The molecule has 20 heavy (non-hydrogen) atoms. The molecule has 1 rings (SSSR count). The van der Waals surface area contributed by atoms with Gasteiger partial charge in [0.05, 0.1) is 5.41 Å². The van der Waals surface area contributed by atoms with Crippen molar-refractivity contribution in [2.24, 2.45) is 5.41 Å². The van der Waals surface area contributed by atoms with Gasteiger partial charge >= 0.3 is 12.0 Å². The van der Waals surface area contributed by atoms with Crippen molar-refractivity contribution in [2.45, 2.75) is 40.0 Å². The van der Waals surface area contributed by atoms with Gasteiger partial charge in [-0.2, -0.15) is 0 Å². The molecular formula is C15H26N2O3. The van der Waals surface area contributed by atoms with E-state index in [2.05, 4.69) is 6.58 Å². The van der Waals surface area contributed by atoms with E-state index in [1.165, 1.54) is 0 Å². The number of likely N-dealkylation sites (tertiary alicyclic amines) is 1. The van der Waals surface area contributed by atoms with Crippen LogP contribution in [0, 0.1) is 5.41 Å². The minimum absolute atomic E-state index is 0.00871. The topological polar surface area (TPSA) is 60.9 Å². The van der Waals surface area contributed by atoms with Gasteiger partial charge in [0.2, 0.25) is 0 Å². The number of urea groups is 1. The second-order valence-electron chi connectivity index (χ2n) is 5.68. The molecule has 0 atom stereocenters. The highest BCUT2D eigenvalue weighted by molar-refractivity contribution is 5.77. The number of likely N-dealkylation sites (N-methyl/N-ethyl adjacent to an activating group) is 1. The van der Waals surface area contributed by atoms with E-state index < -0.39 is 11.4 Å². The molecule has 114 valence electrons. The molecule has 0 aromatic heterocycles. The monoisotopic (exact) mass is 282 g/mol. The standard InChI is InChI=1S/C15H26N2O3/c1-5-15(13(18)19)7-9-17(10-8-15)14(20)16(6-2)11-12(3)4/h3,5-11H2,1-2,4H3,(H,18,19). The van der Waals surface area contributed by atoms with Crippen LogP contribution in [-0.4, -0.2) is 53.1 Å². The summed E-state index contributed by atoms with van der Waals surface area (Å²) in [4.78, 5) is 27.3. The highest BCUT2D eigenvalue weighted by atomic mass is 16.4. The van der Waals surface area contributed by atoms with Crippen LogP contribution in [-0.2, 0) is 4.79 Å². The van der Waals surface area contributed by atoms with E-state index in [0.717, 1.165) is 5.57 Å². The molecule has 1 heterocycles. The molecule has 5 nitrogen and oxygen atoms in total. The summed E-state index contributed by atoms with van der Waals surface area (Å²) in [5, 5.41) is 9.36. The van der Waals surface area contributed by atoms with Gasteiger partial charge in [0, 0.05) is 26.2 Å². The first kappa shape index (κ1) is 16.5. The Labute approximate surface area is 121 Å². The normalized spacial score (nSPS) is 17.6. The molecule has 0 bridgehead atoms. The summed E-state index contributed by atoms with van der Waals surface area (Å²) >= 11 is 0. The third kappa shape index (κ3) is 3.52. The first-order valence-corrected chi connectivity index (χ1v) is 7.28. The predicted octanol–water partition coefficient (Wildman–Crippen LogP) is 2.58. The van der Waals surface area contributed by atoms with Crippen LogP contribution in [0.2, 0.25) is 0 Å². The number of carboxylic acid groups (broad SMARTS) is 1. The fraction of sp³-hybridized carbons (Fsp3) is 0.733. The third-order valence-electron chi connectivity index (χ3n) is 4.23. The number of aliphatic carboxylic acids is 1. The highest BCUT2D eigenvalue weighted by Crippen LogP contribution is 2.35. The maximum absolute atomic E-state index is 12.4. The van der Waals surface area contributed by atoms with Crippen molar-refractivity contribution in [3.8, 4) is 0 Å². The molecule has 1 N–H and O–H groups in total. The Bertz CT molecular complexity index is 385. The second-order valence-corrected chi connectivity index (χ2v) is 5.68. The van der Waals surface area contributed by atoms with Crippen molar-refractivity contribution in [3.05, 3.63) is 12.2 Å². The van der Waals surface area contributed by atoms with Crippen LogP contribution in [0.5, 0.6) is 0 Å². The highest BCUT2D eigenvalue weighted by Gasteiger charge is 2.41. The number of carbonyl (C=O) groups is 2. The minimum Gasteiger partial charge on any atom is -0.481 e. The number of hydrogen-bond acceptors (Lipinski definition) is 2. The maximum Gasteiger partial charge on any atom is 0.320 e. The lowest BCUT2D eigenvalue weighted by molar-refractivity contribution is -0.152. The van der Waals surface area contributed by atoms with E-state index >= 15 is 0 Å². The lowest BCUT2D eigenvalue weighted by atomic mass is 9.76. The summed E-state index contributed by atoms with van der Waals surface area (Å²) in [6, 6.07) is -0.00871. The van der Waals surface area contributed by atoms with E-state index in [0.29, 0.717) is 45.4 Å². The summed E-state index contributed by atoms with van der Waals surface area (Å²) in [7, 11) is 0. The van der Waals surface area contributed by atoms with Crippen molar-refractivity contribution in [3.63, 3.8) is 0 Å². The van der Waals surface area contributed by atoms with Gasteiger partial charge in [0.15, 0.2) is 0 Å². The Morgan fingerprint density at radius 2 is 1.85 bits per heavy atom. The van der Waals surface area contributed by atoms with Gasteiger partial charge in [0.1, 0.15) is 0 Å². The molecule has 0 radical (unpaired) electrons. The maximum atomic E-state index is 12.4. The second kappa shape index (κ2) is 6.77. The lowest BCUT2D eigenvalue weighted by Gasteiger charge is -2.40. The van der Waals surface area contributed by atoms with E-state index in [-0.39, 0.29) is 6.03 Å². The van der Waals surface area contributed by atoms with Crippen LogP contribution in [0.1, 0.15) is 40.0 Å². The largest absolute Gasteiger partial charge is 0.481 e. The van der Waals surface area contributed by atoms with Crippen molar-refractivity contribution < 1.29 is 14.7 Å². The number of carbonyl (C=O) groups excluding carboxylic acids is 1. The zero-order valence-corrected chi connectivity index (χ0v) is 12.8. The Morgan fingerprint density at radius 1 is 1.30 bits per heavy atom. The molecule has 1 aliphatic heterocycles. The number of carboxylic acids is 1. The molecule has 1 fully saturated rings. The molecule has 0 saturated carbocycles.